The van der Waals surface area contributed by atoms with Crippen molar-refractivity contribution in [3.63, 3.8) is 0 Å². The van der Waals surface area contributed by atoms with Gasteiger partial charge in [-0.2, -0.15) is 0 Å². The Labute approximate surface area is 114 Å². The first kappa shape index (κ1) is 7.26. The fourth-order valence-corrected chi connectivity index (χ4v) is 2.44. The minimum Gasteiger partial charge on any atom is -0.399 e. The summed E-state index contributed by atoms with van der Waals surface area (Å²) < 4.78 is 51.4. The zero-order valence-corrected chi connectivity index (χ0v) is 11.1. The highest BCUT2D eigenvalue weighted by atomic mass is 32.1. The summed E-state index contributed by atoms with van der Waals surface area (Å²) in [4.78, 5) is 4.07. The molecule has 1 aromatic heterocycles. The molecule has 1 aliphatic heterocycles. The molecule has 0 aromatic carbocycles. The molecule has 2 aliphatic rings. The third kappa shape index (κ3) is 1.94. The van der Waals surface area contributed by atoms with Gasteiger partial charge in [0.25, 0.3) is 0 Å². The zero-order valence-electron chi connectivity index (χ0n) is 15.3. The van der Waals surface area contributed by atoms with Crippen molar-refractivity contribution in [3.8, 4) is 0 Å². The quantitative estimate of drug-likeness (QED) is 0.761. The average Bonchev–Trinajstić information content (AvgIpc) is 2.80. The molecule has 0 amide bonds. The van der Waals surface area contributed by atoms with Gasteiger partial charge in [-0.3, -0.25) is 0 Å². The molecule has 92 valence electrons. The van der Waals surface area contributed by atoms with Gasteiger partial charge in [0.15, 0.2) is 0 Å². The van der Waals surface area contributed by atoms with Gasteiger partial charge in [0.1, 0.15) is 0 Å². The molecule has 1 saturated heterocycles. The standard InChI is InChI=1S/C12H18BNO2S/c1-11(2)12(3,4)16-13(15-11)9-7-14-10(17-9)8-5-6-8/h7-8H,5-6H2,1-4H3/i5D2,6D2,8D. The van der Waals surface area contributed by atoms with Crippen LogP contribution in [0.25, 0.3) is 0 Å². The van der Waals surface area contributed by atoms with Crippen LogP contribution in [0.4, 0.5) is 0 Å². The molecule has 1 aromatic rings. The molecular weight excluding hydrogens is 233 g/mol. The maximum atomic E-state index is 8.15. The molecular formula is C12H18BNO2S. The first-order valence-corrected chi connectivity index (χ1v) is 6.41. The van der Waals surface area contributed by atoms with E-state index in [0.717, 1.165) is 11.3 Å². The number of nitrogens with zero attached hydrogens (tertiary/aromatic N) is 1. The Hall–Kier alpha value is -0.385. The number of thiazole rings is 1. The number of hydrogen-bond acceptors (Lipinski definition) is 4. The van der Waals surface area contributed by atoms with Crippen molar-refractivity contribution >= 4 is 23.2 Å². The first-order chi connectivity index (χ1) is 9.78. The van der Waals surface area contributed by atoms with Crippen molar-refractivity contribution in [1.29, 1.82) is 0 Å². The summed E-state index contributed by atoms with van der Waals surface area (Å²) in [5.41, 5.74) is -0.994. The smallest absolute Gasteiger partial charge is 0.399 e. The normalized spacial score (nSPS) is 38.6. The Balaban J connectivity index is 1.89. The minimum absolute atomic E-state index is 0.118. The molecule has 2 fully saturated rings. The summed E-state index contributed by atoms with van der Waals surface area (Å²) in [6, 6.07) is 0. The lowest BCUT2D eigenvalue weighted by Crippen LogP contribution is -2.41. The molecule has 0 bridgehead atoms. The van der Waals surface area contributed by atoms with E-state index in [-0.39, 0.29) is 5.01 Å². The van der Waals surface area contributed by atoms with Gasteiger partial charge in [-0.1, -0.05) is 0 Å². The van der Waals surface area contributed by atoms with E-state index < -0.39 is 37.0 Å². The molecule has 0 spiro atoms. The van der Waals surface area contributed by atoms with Crippen molar-refractivity contribution in [3.05, 3.63) is 11.2 Å². The SMILES string of the molecule is [2H]C1([2H])C([2H])([2H])C1([2H])c1ncc(B2OC(C)(C)C(C)(C)O2)s1. The lowest BCUT2D eigenvalue weighted by atomic mass is 9.89. The summed E-state index contributed by atoms with van der Waals surface area (Å²) in [5, 5.41) is 0.118. The van der Waals surface area contributed by atoms with Crippen molar-refractivity contribution < 1.29 is 16.2 Å². The Morgan fingerprint density at radius 3 is 2.53 bits per heavy atom. The van der Waals surface area contributed by atoms with Crippen LogP contribution in [-0.2, 0) is 9.31 Å². The molecule has 2 heterocycles. The van der Waals surface area contributed by atoms with Crippen LogP contribution in [0.15, 0.2) is 6.20 Å². The van der Waals surface area contributed by atoms with E-state index in [1.165, 1.54) is 6.20 Å². The maximum Gasteiger partial charge on any atom is 0.507 e. The predicted octanol–water partition coefficient (Wildman–Crippen LogP) is 2.32. The summed E-state index contributed by atoms with van der Waals surface area (Å²) >= 11 is 1.08. The number of aromatic nitrogens is 1. The molecule has 1 saturated carbocycles. The monoisotopic (exact) mass is 256 g/mol. The second-order valence-electron chi connectivity index (χ2n) is 5.28. The van der Waals surface area contributed by atoms with E-state index >= 15 is 0 Å². The highest BCUT2D eigenvalue weighted by Gasteiger charge is 2.52. The molecule has 1 aliphatic carbocycles. The molecule has 0 radical (unpaired) electrons. The fourth-order valence-electron chi connectivity index (χ4n) is 1.61. The van der Waals surface area contributed by atoms with Crippen LogP contribution >= 0.6 is 11.3 Å². The summed E-state index contributed by atoms with van der Waals surface area (Å²) in [6.07, 6.45) is -3.00. The van der Waals surface area contributed by atoms with Gasteiger partial charge in [0.05, 0.1) is 21.0 Å². The lowest BCUT2D eigenvalue weighted by molar-refractivity contribution is 0.00578. The van der Waals surface area contributed by atoms with Gasteiger partial charge in [-0.25, -0.2) is 4.98 Å². The molecule has 3 rings (SSSR count). The largest absolute Gasteiger partial charge is 0.507 e. The van der Waals surface area contributed by atoms with Gasteiger partial charge in [-0.15, -0.1) is 11.3 Å². The van der Waals surface area contributed by atoms with Gasteiger partial charge < -0.3 is 9.31 Å². The van der Waals surface area contributed by atoms with Crippen LogP contribution in [0.2, 0.25) is 0 Å². The molecule has 0 unspecified atom stereocenters. The van der Waals surface area contributed by atoms with Gasteiger partial charge >= 0.3 is 7.12 Å². The van der Waals surface area contributed by atoms with E-state index in [1.807, 2.05) is 27.7 Å². The topological polar surface area (TPSA) is 31.4 Å². The fraction of sp³-hybridized carbons (Fsp3) is 0.750. The van der Waals surface area contributed by atoms with Crippen LogP contribution in [0, 0.1) is 0 Å². The van der Waals surface area contributed by atoms with E-state index in [0.29, 0.717) is 4.78 Å². The van der Waals surface area contributed by atoms with Crippen LogP contribution < -0.4 is 4.78 Å². The molecule has 17 heavy (non-hydrogen) atoms. The molecule has 0 atom stereocenters. The van der Waals surface area contributed by atoms with Crippen molar-refractivity contribution in [2.24, 2.45) is 0 Å². The Bertz CT molecular complexity index is 603. The summed E-state index contributed by atoms with van der Waals surface area (Å²) in [6.45, 7) is 7.72. The van der Waals surface area contributed by atoms with Crippen molar-refractivity contribution in [2.45, 2.75) is 57.5 Å². The summed E-state index contributed by atoms with van der Waals surface area (Å²) in [5.74, 6) is -1.97. The molecule has 0 N–H and O–H groups in total. The van der Waals surface area contributed by atoms with Crippen molar-refractivity contribution in [2.75, 3.05) is 0 Å². The van der Waals surface area contributed by atoms with E-state index in [1.54, 1.807) is 0 Å². The Kier molecular flexibility index (Phi) is 1.52. The molecule has 3 nitrogen and oxygen atoms in total. The third-order valence-corrected chi connectivity index (χ3v) is 4.51. The van der Waals surface area contributed by atoms with Gasteiger partial charge in [-0.05, 0) is 40.4 Å². The van der Waals surface area contributed by atoms with Gasteiger partial charge in [0, 0.05) is 18.9 Å². The molecule has 5 heteroatoms. The van der Waals surface area contributed by atoms with Crippen molar-refractivity contribution in [1.82, 2.24) is 4.98 Å². The highest BCUT2D eigenvalue weighted by Crippen LogP contribution is 2.41. The third-order valence-electron chi connectivity index (χ3n) is 3.47. The highest BCUT2D eigenvalue weighted by molar-refractivity contribution is 7.22. The van der Waals surface area contributed by atoms with Crippen LogP contribution in [0.1, 0.15) is 58.2 Å². The first-order valence-electron chi connectivity index (χ1n) is 8.10. The Morgan fingerprint density at radius 1 is 1.41 bits per heavy atom. The zero-order chi connectivity index (χ0) is 16.8. The maximum absolute atomic E-state index is 8.15. The second-order valence-corrected chi connectivity index (χ2v) is 6.34. The van der Waals surface area contributed by atoms with E-state index in [9.17, 15) is 0 Å². The minimum atomic E-state index is -2.24. The van der Waals surface area contributed by atoms with Crippen LogP contribution in [0.5, 0.6) is 0 Å². The van der Waals surface area contributed by atoms with Crippen LogP contribution in [0.3, 0.4) is 0 Å². The van der Waals surface area contributed by atoms with E-state index in [2.05, 4.69) is 4.98 Å². The average molecular weight is 256 g/mol. The lowest BCUT2D eigenvalue weighted by Gasteiger charge is -2.32. The second kappa shape index (κ2) is 3.56. The van der Waals surface area contributed by atoms with E-state index in [4.69, 9.17) is 16.2 Å². The summed E-state index contributed by atoms with van der Waals surface area (Å²) in [7, 11) is -0.629. The van der Waals surface area contributed by atoms with Gasteiger partial charge in [0.2, 0.25) is 0 Å². The predicted molar refractivity (Wildman–Crippen MR) is 69.8 cm³/mol. The Morgan fingerprint density at radius 2 is 2.00 bits per heavy atom. The number of hydrogen-bond donors (Lipinski definition) is 0. The van der Waals surface area contributed by atoms with Crippen LogP contribution in [-0.4, -0.2) is 23.3 Å². The number of rotatable bonds is 2.